The molecule has 7 heteroatoms. The number of ketones is 1. The summed E-state index contributed by atoms with van der Waals surface area (Å²) in [4.78, 5) is 23.9. The Morgan fingerprint density at radius 2 is 1.93 bits per heavy atom. The van der Waals surface area contributed by atoms with Crippen LogP contribution in [-0.2, 0) is 11.3 Å². The summed E-state index contributed by atoms with van der Waals surface area (Å²) in [7, 11) is 1.28. The highest BCUT2D eigenvalue weighted by Gasteiger charge is 2.18. The van der Waals surface area contributed by atoms with Crippen LogP contribution in [0.4, 0.5) is 0 Å². The van der Waals surface area contributed by atoms with Crippen LogP contribution in [0.2, 0.25) is 0 Å². The van der Waals surface area contributed by atoms with Gasteiger partial charge in [-0.1, -0.05) is 0 Å². The predicted octanol–water partition coefficient (Wildman–Crippen LogP) is 4.22. The van der Waals surface area contributed by atoms with E-state index in [1.165, 1.54) is 25.7 Å². The molecule has 1 aromatic carbocycles. The third-order valence-corrected chi connectivity index (χ3v) is 3.96. The second-order valence-corrected chi connectivity index (χ2v) is 5.66. The molecular formula is C20H14O7. The van der Waals surface area contributed by atoms with Crippen LogP contribution in [0.5, 0.6) is 5.75 Å². The fourth-order valence-electron chi connectivity index (χ4n) is 2.63. The Morgan fingerprint density at radius 1 is 1.04 bits per heavy atom. The maximum Gasteiger partial charge on any atom is 0.373 e. The standard InChI is InChI=1S/C20H14O7/c1-23-20(22)18-7-5-13(27-18)10-25-12-4-6-16-14(9-12)15(11-26-16)19(21)17-3-2-8-24-17/h2-9,11H,10H2,1H3. The number of furan rings is 3. The number of hydrogen-bond donors (Lipinski definition) is 0. The average Bonchev–Trinajstić information content (AvgIpc) is 3.45. The van der Waals surface area contributed by atoms with Gasteiger partial charge < -0.3 is 22.7 Å². The van der Waals surface area contributed by atoms with Gasteiger partial charge in [0.25, 0.3) is 0 Å². The van der Waals surface area contributed by atoms with Crippen molar-refractivity contribution in [1.29, 1.82) is 0 Å². The molecule has 0 aliphatic rings. The SMILES string of the molecule is COC(=O)c1ccc(COc2ccc3occ(C(=O)c4ccco4)c3c2)o1. The number of benzene rings is 1. The molecule has 0 spiro atoms. The van der Waals surface area contributed by atoms with Crippen LogP contribution in [0, 0.1) is 0 Å². The molecule has 27 heavy (non-hydrogen) atoms. The van der Waals surface area contributed by atoms with Gasteiger partial charge in [-0.2, -0.15) is 0 Å². The van der Waals surface area contributed by atoms with E-state index in [9.17, 15) is 9.59 Å². The molecule has 0 N–H and O–H groups in total. The monoisotopic (exact) mass is 366 g/mol. The molecule has 0 saturated carbocycles. The van der Waals surface area contributed by atoms with E-state index in [4.69, 9.17) is 18.0 Å². The number of carbonyl (C=O) groups is 2. The Morgan fingerprint density at radius 3 is 2.70 bits per heavy atom. The Hall–Kier alpha value is -3.74. The van der Waals surface area contributed by atoms with E-state index in [0.29, 0.717) is 28.0 Å². The van der Waals surface area contributed by atoms with Crippen LogP contribution in [0.3, 0.4) is 0 Å². The van der Waals surface area contributed by atoms with Gasteiger partial charge in [-0.25, -0.2) is 4.79 Å². The van der Waals surface area contributed by atoms with Crippen molar-refractivity contribution in [2.45, 2.75) is 6.61 Å². The second kappa shape index (κ2) is 6.87. The van der Waals surface area contributed by atoms with Crippen molar-refractivity contribution >= 4 is 22.7 Å². The number of fused-ring (bicyclic) bond motifs is 1. The molecule has 136 valence electrons. The molecule has 0 aliphatic heterocycles. The second-order valence-electron chi connectivity index (χ2n) is 5.66. The van der Waals surface area contributed by atoms with Crippen LogP contribution >= 0.6 is 0 Å². The molecule has 4 aromatic rings. The lowest BCUT2D eigenvalue weighted by atomic mass is 10.1. The summed E-state index contributed by atoms with van der Waals surface area (Å²) in [5.74, 6) is 0.498. The van der Waals surface area contributed by atoms with Crippen molar-refractivity contribution in [1.82, 2.24) is 0 Å². The van der Waals surface area contributed by atoms with Crippen LogP contribution in [0.1, 0.15) is 32.4 Å². The minimum atomic E-state index is -0.554. The molecule has 0 bridgehead atoms. The molecule has 4 rings (SSSR count). The lowest BCUT2D eigenvalue weighted by Crippen LogP contribution is -1.99. The first-order valence-electron chi connectivity index (χ1n) is 8.05. The molecule has 0 radical (unpaired) electrons. The topological polar surface area (TPSA) is 92.0 Å². The quantitative estimate of drug-likeness (QED) is 0.373. The Kier molecular flexibility index (Phi) is 4.25. The third kappa shape index (κ3) is 3.22. The Bertz CT molecular complexity index is 1100. The molecule has 0 atom stereocenters. The summed E-state index contributed by atoms with van der Waals surface area (Å²) in [5, 5.41) is 0.614. The summed E-state index contributed by atoms with van der Waals surface area (Å²) >= 11 is 0. The molecule has 0 amide bonds. The highest BCUT2D eigenvalue weighted by atomic mass is 16.5. The van der Waals surface area contributed by atoms with Crippen LogP contribution in [-0.4, -0.2) is 18.9 Å². The smallest absolute Gasteiger partial charge is 0.373 e. The fourth-order valence-corrected chi connectivity index (χ4v) is 2.63. The van der Waals surface area contributed by atoms with Gasteiger partial charge in [0.1, 0.15) is 30.0 Å². The molecule has 0 aliphatic carbocycles. The Labute approximate surface area is 153 Å². The summed E-state index contributed by atoms with van der Waals surface area (Å²) in [6, 6.07) is 11.5. The van der Waals surface area contributed by atoms with Gasteiger partial charge in [0.2, 0.25) is 11.5 Å². The van der Waals surface area contributed by atoms with Gasteiger partial charge in [-0.15, -0.1) is 0 Å². The predicted molar refractivity (Wildman–Crippen MR) is 92.7 cm³/mol. The first-order valence-corrected chi connectivity index (χ1v) is 8.05. The lowest BCUT2D eigenvalue weighted by molar-refractivity contribution is 0.0561. The normalized spacial score (nSPS) is 10.9. The van der Waals surface area contributed by atoms with Crippen molar-refractivity contribution in [3.05, 3.63) is 77.8 Å². The van der Waals surface area contributed by atoms with Crippen molar-refractivity contribution < 1.29 is 32.3 Å². The highest BCUT2D eigenvalue weighted by molar-refractivity contribution is 6.14. The van der Waals surface area contributed by atoms with E-state index in [-0.39, 0.29) is 23.9 Å². The third-order valence-electron chi connectivity index (χ3n) is 3.96. The molecule has 7 nitrogen and oxygen atoms in total. The zero-order chi connectivity index (χ0) is 18.8. The summed E-state index contributed by atoms with van der Waals surface area (Å²) in [6.45, 7) is 0.113. The first-order chi connectivity index (χ1) is 13.2. The molecule has 0 fully saturated rings. The molecule has 0 saturated heterocycles. The minimum Gasteiger partial charge on any atom is -0.486 e. The molecular weight excluding hydrogens is 352 g/mol. The summed E-state index contributed by atoms with van der Waals surface area (Å²) in [6.07, 6.45) is 2.84. The van der Waals surface area contributed by atoms with Gasteiger partial charge in [-0.05, 0) is 42.5 Å². The van der Waals surface area contributed by atoms with E-state index < -0.39 is 5.97 Å². The largest absolute Gasteiger partial charge is 0.486 e. The lowest BCUT2D eigenvalue weighted by Gasteiger charge is -2.04. The zero-order valence-corrected chi connectivity index (χ0v) is 14.3. The highest BCUT2D eigenvalue weighted by Crippen LogP contribution is 2.28. The van der Waals surface area contributed by atoms with Crippen molar-refractivity contribution in [2.24, 2.45) is 0 Å². The van der Waals surface area contributed by atoms with Crippen LogP contribution < -0.4 is 4.74 Å². The number of ether oxygens (including phenoxy) is 2. The Balaban J connectivity index is 1.54. The number of carbonyl (C=O) groups excluding carboxylic acids is 2. The first kappa shape index (κ1) is 16.7. The number of esters is 1. The van der Waals surface area contributed by atoms with Gasteiger partial charge >= 0.3 is 5.97 Å². The van der Waals surface area contributed by atoms with E-state index in [1.54, 1.807) is 36.4 Å². The van der Waals surface area contributed by atoms with E-state index in [0.717, 1.165) is 0 Å². The van der Waals surface area contributed by atoms with Crippen LogP contribution in [0.25, 0.3) is 11.0 Å². The van der Waals surface area contributed by atoms with E-state index in [2.05, 4.69) is 4.74 Å². The van der Waals surface area contributed by atoms with Gasteiger partial charge in [0, 0.05) is 5.39 Å². The average molecular weight is 366 g/mol. The van der Waals surface area contributed by atoms with Crippen molar-refractivity contribution in [2.75, 3.05) is 7.11 Å². The molecule has 3 aromatic heterocycles. The van der Waals surface area contributed by atoms with E-state index >= 15 is 0 Å². The number of hydrogen-bond acceptors (Lipinski definition) is 7. The van der Waals surface area contributed by atoms with Crippen LogP contribution in [0.15, 0.2) is 68.2 Å². The zero-order valence-electron chi connectivity index (χ0n) is 14.3. The van der Waals surface area contributed by atoms with Gasteiger partial charge in [0.05, 0.1) is 18.9 Å². The maximum atomic E-state index is 12.5. The molecule has 3 heterocycles. The van der Waals surface area contributed by atoms with Crippen molar-refractivity contribution in [3.63, 3.8) is 0 Å². The van der Waals surface area contributed by atoms with Crippen molar-refractivity contribution in [3.8, 4) is 5.75 Å². The fraction of sp³-hybridized carbons (Fsp3) is 0.100. The minimum absolute atomic E-state index is 0.104. The summed E-state index contributed by atoms with van der Waals surface area (Å²) < 4.78 is 26.3. The van der Waals surface area contributed by atoms with E-state index in [1.807, 2.05) is 0 Å². The molecule has 0 unspecified atom stereocenters. The van der Waals surface area contributed by atoms with Gasteiger partial charge in [0.15, 0.2) is 5.76 Å². The summed E-state index contributed by atoms with van der Waals surface area (Å²) in [5.41, 5.74) is 0.944. The number of methoxy groups -OCH3 is 1. The maximum absolute atomic E-state index is 12.5. The van der Waals surface area contributed by atoms with Gasteiger partial charge in [-0.3, -0.25) is 4.79 Å². The number of rotatable bonds is 6.